The molecule has 3 atom stereocenters. The van der Waals surface area contributed by atoms with E-state index in [-0.39, 0.29) is 18.0 Å². The minimum atomic E-state index is -0.503. The molecule has 0 amide bonds. The van der Waals surface area contributed by atoms with E-state index in [1.807, 2.05) is 6.92 Å². The molecular weight excluding hydrogens is 144 g/mol. The Kier molecular flexibility index (Phi) is 2.49. The second kappa shape index (κ2) is 3.22. The highest BCUT2D eigenvalue weighted by Crippen LogP contribution is 2.22. The van der Waals surface area contributed by atoms with Gasteiger partial charge in [0.05, 0.1) is 12.0 Å². The summed E-state index contributed by atoms with van der Waals surface area (Å²) in [5.74, 6) is -0.551. The largest absolute Gasteiger partial charge is 0.462 e. The van der Waals surface area contributed by atoms with Crippen molar-refractivity contribution < 1.29 is 14.6 Å². The van der Waals surface area contributed by atoms with Crippen molar-refractivity contribution in [3.8, 4) is 0 Å². The SMILES string of the molecule is CC[C@@H]1C(=O)O[C@H](C)C[C@@H]1O. The molecule has 11 heavy (non-hydrogen) atoms. The second-order valence-corrected chi connectivity index (χ2v) is 3.07. The summed E-state index contributed by atoms with van der Waals surface area (Å²) in [7, 11) is 0. The number of hydrogen-bond acceptors (Lipinski definition) is 3. The lowest BCUT2D eigenvalue weighted by molar-refractivity contribution is -0.168. The van der Waals surface area contributed by atoms with Gasteiger partial charge in [-0.3, -0.25) is 4.79 Å². The van der Waals surface area contributed by atoms with Crippen LogP contribution >= 0.6 is 0 Å². The first-order valence-electron chi connectivity index (χ1n) is 4.03. The van der Waals surface area contributed by atoms with Gasteiger partial charge < -0.3 is 9.84 Å². The molecule has 1 fully saturated rings. The van der Waals surface area contributed by atoms with Crippen molar-refractivity contribution >= 4 is 5.97 Å². The Bertz CT molecular complexity index is 155. The van der Waals surface area contributed by atoms with Crippen LogP contribution < -0.4 is 0 Å². The maximum absolute atomic E-state index is 11.1. The molecule has 1 saturated heterocycles. The molecule has 0 saturated carbocycles. The molecule has 0 radical (unpaired) electrons. The van der Waals surface area contributed by atoms with Gasteiger partial charge in [-0.1, -0.05) is 6.92 Å². The number of rotatable bonds is 1. The quantitative estimate of drug-likeness (QED) is 0.572. The summed E-state index contributed by atoms with van der Waals surface area (Å²) in [6, 6.07) is 0. The van der Waals surface area contributed by atoms with Crippen LogP contribution in [0.15, 0.2) is 0 Å². The van der Waals surface area contributed by atoms with Gasteiger partial charge in [0.15, 0.2) is 0 Å². The number of aliphatic hydroxyl groups is 1. The van der Waals surface area contributed by atoms with Crippen LogP contribution in [0.4, 0.5) is 0 Å². The minimum Gasteiger partial charge on any atom is -0.462 e. The highest BCUT2D eigenvalue weighted by atomic mass is 16.5. The molecule has 1 rings (SSSR count). The fourth-order valence-electron chi connectivity index (χ4n) is 1.43. The van der Waals surface area contributed by atoms with E-state index in [1.165, 1.54) is 0 Å². The lowest BCUT2D eigenvalue weighted by Gasteiger charge is -2.29. The van der Waals surface area contributed by atoms with Crippen molar-refractivity contribution in [3.05, 3.63) is 0 Å². The molecule has 3 nitrogen and oxygen atoms in total. The summed E-state index contributed by atoms with van der Waals surface area (Å²) in [6.45, 7) is 3.68. The Morgan fingerprint density at radius 1 is 1.73 bits per heavy atom. The number of carbonyl (C=O) groups excluding carboxylic acids is 1. The molecule has 0 unspecified atom stereocenters. The molecule has 0 aromatic rings. The molecular formula is C8H14O3. The fourth-order valence-corrected chi connectivity index (χ4v) is 1.43. The Morgan fingerprint density at radius 3 is 2.82 bits per heavy atom. The van der Waals surface area contributed by atoms with E-state index >= 15 is 0 Å². The molecule has 0 aromatic heterocycles. The van der Waals surface area contributed by atoms with Crippen molar-refractivity contribution in [2.75, 3.05) is 0 Å². The maximum Gasteiger partial charge on any atom is 0.311 e. The molecule has 1 aliphatic heterocycles. The zero-order valence-electron chi connectivity index (χ0n) is 6.91. The summed E-state index contributed by atoms with van der Waals surface area (Å²) >= 11 is 0. The summed E-state index contributed by atoms with van der Waals surface area (Å²) in [5, 5.41) is 9.41. The normalized spacial score (nSPS) is 38.5. The predicted molar refractivity (Wildman–Crippen MR) is 40.0 cm³/mol. The smallest absolute Gasteiger partial charge is 0.311 e. The molecule has 1 aliphatic rings. The average molecular weight is 158 g/mol. The van der Waals surface area contributed by atoms with Gasteiger partial charge >= 0.3 is 5.97 Å². The first-order valence-corrected chi connectivity index (χ1v) is 4.03. The maximum atomic E-state index is 11.1. The monoisotopic (exact) mass is 158 g/mol. The number of cyclic esters (lactones) is 1. The van der Waals surface area contributed by atoms with Crippen LogP contribution in [-0.2, 0) is 9.53 Å². The zero-order chi connectivity index (χ0) is 8.43. The summed E-state index contributed by atoms with van der Waals surface area (Å²) in [6.07, 6.45) is 0.605. The minimum absolute atomic E-state index is 0.125. The van der Waals surface area contributed by atoms with E-state index in [0.717, 1.165) is 0 Å². The summed E-state index contributed by atoms with van der Waals surface area (Å²) in [5.41, 5.74) is 0. The van der Waals surface area contributed by atoms with E-state index < -0.39 is 6.10 Å². The number of carbonyl (C=O) groups is 1. The van der Waals surface area contributed by atoms with Crippen LogP contribution in [0.1, 0.15) is 26.7 Å². The topological polar surface area (TPSA) is 46.5 Å². The zero-order valence-corrected chi connectivity index (χ0v) is 6.91. The van der Waals surface area contributed by atoms with Crippen LogP contribution in [0.2, 0.25) is 0 Å². The van der Waals surface area contributed by atoms with E-state index in [2.05, 4.69) is 0 Å². The van der Waals surface area contributed by atoms with Crippen molar-refractivity contribution in [1.82, 2.24) is 0 Å². The van der Waals surface area contributed by atoms with Gasteiger partial charge in [-0.05, 0) is 13.3 Å². The third-order valence-electron chi connectivity index (χ3n) is 2.10. The van der Waals surface area contributed by atoms with Gasteiger partial charge in [-0.15, -0.1) is 0 Å². The molecule has 0 aliphatic carbocycles. The van der Waals surface area contributed by atoms with Gasteiger partial charge in [0.2, 0.25) is 0 Å². The fraction of sp³-hybridized carbons (Fsp3) is 0.875. The number of esters is 1. The number of hydrogen-bond donors (Lipinski definition) is 1. The highest BCUT2D eigenvalue weighted by molar-refractivity contribution is 5.74. The predicted octanol–water partition coefficient (Wildman–Crippen LogP) is 0.709. The Hall–Kier alpha value is -0.570. The Morgan fingerprint density at radius 2 is 2.36 bits per heavy atom. The van der Waals surface area contributed by atoms with E-state index in [4.69, 9.17) is 4.74 Å². The van der Waals surface area contributed by atoms with Gasteiger partial charge in [-0.25, -0.2) is 0 Å². The third kappa shape index (κ3) is 1.71. The van der Waals surface area contributed by atoms with Crippen molar-refractivity contribution in [1.29, 1.82) is 0 Å². The Labute approximate surface area is 66.4 Å². The molecule has 3 heteroatoms. The highest BCUT2D eigenvalue weighted by Gasteiger charge is 2.33. The standard InChI is InChI=1S/C8H14O3/c1-3-6-7(9)4-5(2)11-8(6)10/h5-7,9H,3-4H2,1-2H3/t5-,6+,7+/m1/s1. The van der Waals surface area contributed by atoms with Gasteiger partial charge in [0, 0.05) is 6.42 Å². The van der Waals surface area contributed by atoms with Crippen LogP contribution in [0, 0.1) is 5.92 Å². The van der Waals surface area contributed by atoms with Crippen molar-refractivity contribution in [2.45, 2.75) is 38.9 Å². The first-order chi connectivity index (χ1) is 5.15. The molecule has 1 N–H and O–H groups in total. The van der Waals surface area contributed by atoms with E-state index in [1.54, 1.807) is 6.92 Å². The average Bonchev–Trinajstić information content (AvgIpc) is 1.85. The summed E-state index contributed by atoms with van der Waals surface area (Å²) in [4.78, 5) is 11.1. The van der Waals surface area contributed by atoms with Crippen LogP contribution in [0.3, 0.4) is 0 Å². The third-order valence-corrected chi connectivity index (χ3v) is 2.10. The van der Waals surface area contributed by atoms with Gasteiger partial charge in [0.25, 0.3) is 0 Å². The number of aliphatic hydroxyl groups excluding tert-OH is 1. The molecule has 0 aromatic carbocycles. The Balaban J connectivity index is 2.59. The number of ether oxygens (including phenoxy) is 1. The van der Waals surface area contributed by atoms with Crippen LogP contribution in [0.25, 0.3) is 0 Å². The molecule has 0 spiro atoms. The van der Waals surface area contributed by atoms with Gasteiger partial charge in [0.1, 0.15) is 6.10 Å². The van der Waals surface area contributed by atoms with Gasteiger partial charge in [-0.2, -0.15) is 0 Å². The lowest BCUT2D eigenvalue weighted by atomic mass is 9.93. The van der Waals surface area contributed by atoms with E-state index in [9.17, 15) is 9.90 Å². The molecule has 1 heterocycles. The first kappa shape index (κ1) is 8.53. The second-order valence-electron chi connectivity index (χ2n) is 3.07. The van der Waals surface area contributed by atoms with Crippen LogP contribution in [-0.4, -0.2) is 23.3 Å². The van der Waals surface area contributed by atoms with E-state index in [0.29, 0.717) is 12.8 Å². The van der Waals surface area contributed by atoms with Crippen LogP contribution in [0.5, 0.6) is 0 Å². The summed E-state index contributed by atoms with van der Waals surface area (Å²) < 4.78 is 4.96. The molecule has 0 bridgehead atoms. The lowest BCUT2D eigenvalue weighted by Crippen LogP contribution is -2.39. The molecule has 64 valence electrons. The van der Waals surface area contributed by atoms with Crippen molar-refractivity contribution in [3.63, 3.8) is 0 Å². The van der Waals surface area contributed by atoms with Crippen molar-refractivity contribution in [2.24, 2.45) is 5.92 Å².